The van der Waals surface area contributed by atoms with E-state index in [1.165, 1.54) is 0 Å². The van der Waals surface area contributed by atoms with Gasteiger partial charge in [0.25, 0.3) is 0 Å². The third-order valence-corrected chi connectivity index (χ3v) is 2.60. The Hall–Kier alpha value is -0.960. The van der Waals surface area contributed by atoms with E-state index in [4.69, 9.17) is 0 Å². The Morgan fingerprint density at radius 1 is 1.40 bits per heavy atom. The third kappa shape index (κ3) is 3.59. The maximum Gasteiger partial charge on any atom is 0.325 e. The Morgan fingerprint density at radius 2 is 2.07 bits per heavy atom. The van der Waals surface area contributed by atoms with E-state index in [9.17, 15) is 4.79 Å². The number of thiol groups is 1. The molecule has 0 saturated carbocycles. The third-order valence-electron chi connectivity index (χ3n) is 2.42. The van der Waals surface area contributed by atoms with Gasteiger partial charge in [0.1, 0.15) is 0 Å². The molecule has 0 aliphatic heterocycles. The van der Waals surface area contributed by atoms with E-state index in [0.717, 1.165) is 24.8 Å². The quantitative estimate of drug-likeness (QED) is 0.613. The predicted octanol–water partition coefficient (Wildman–Crippen LogP) is 3.35. The Balaban J connectivity index is 2.76. The van der Waals surface area contributed by atoms with Crippen LogP contribution in [-0.2, 0) is 8.98 Å². The van der Waals surface area contributed by atoms with E-state index in [1.807, 2.05) is 30.3 Å². The van der Waals surface area contributed by atoms with Crippen LogP contribution in [0.4, 0.5) is 0 Å². The molecule has 0 heterocycles. The number of unbranched alkanes of at least 4 members (excludes halogenated alkanes) is 1. The molecule has 3 heteroatoms. The standard InChI is InChI=1S/C12H16O2S/c1-2-3-9-11(12(13)14-15)10-7-5-4-6-8-10/h4-8,11,15H,2-3,9H2,1H3. The summed E-state index contributed by atoms with van der Waals surface area (Å²) in [5.41, 5.74) is 1.00. The molecule has 15 heavy (non-hydrogen) atoms. The van der Waals surface area contributed by atoms with Gasteiger partial charge in [-0.25, -0.2) is 0 Å². The highest BCUT2D eigenvalue weighted by Gasteiger charge is 2.20. The van der Waals surface area contributed by atoms with Gasteiger partial charge in [-0.3, -0.25) is 4.79 Å². The molecule has 0 aliphatic rings. The summed E-state index contributed by atoms with van der Waals surface area (Å²) in [6.07, 6.45) is 2.91. The zero-order valence-corrected chi connectivity index (χ0v) is 9.74. The summed E-state index contributed by atoms with van der Waals surface area (Å²) in [5, 5.41) is 0. The van der Waals surface area contributed by atoms with E-state index in [0.29, 0.717) is 0 Å². The summed E-state index contributed by atoms with van der Waals surface area (Å²) in [4.78, 5) is 11.5. The molecular formula is C12H16O2S. The Bertz CT molecular complexity index is 298. The second-order valence-electron chi connectivity index (χ2n) is 3.52. The normalized spacial score (nSPS) is 12.1. The van der Waals surface area contributed by atoms with Crippen LogP contribution in [0.5, 0.6) is 0 Å². The molecular weight excluding hydrogens is 208 g/mol. The number of carbonyl (C=O) groups is 1. The van der Waals surface area contributed by atoms with E-state index in [1.54, 1.807) is 0 Å². The van der Waals surface area contributed by atoms with Gasteiger partial charge < -0.3 is 4.18 Å². The molecule has 0 spiro atoms. The highest BCUT2D eigenvalue weighted by atomic mass is 32.1. The number of hydrogen-bond acceptors (Lipinski definition) is 3. The van der Waals surface area contributed by atoms with Crippen molar-refractivity contribution in [1.29, 1.82) is 0 Å². The first-order valence-corrected chi connectivity index (χ1v) is 5.56. The maximum atomic E-state index is 11.5. The van der Waals surface area contributed by atoms with Crippen molar-refractivity contribution in [3.63, 3.8) is 0 Å². The molecule has 0 aliphatic carbocycles. The lowest BCUT2D eigenvalue weighted by Crippen LogP contribution is -2.12. The number of benzene rings is 1. The highest BCUT2D eigenvalue weighted by Crippen LogP contribution is 2.23. The van der Waals surface area contributed by atoms with Gasteiger partial charge in [0.2, 0.25) is 0 Å². The topological polar surface area (TPSA) is 26.3 Å². The molecule has 0 N–H and O–H groups in total. The van der Waals surface area contributed by atoms with Crippen LogP contribution in [0.15, 0.2) is 30.3 Å². The van der Waals surface area contributed by atoms with Crippen LogP contribution in [0.1, 0.15) is 37.7 Å². The second kappa shape index (κ2) is 6.51. The fraction of sp³-hybridized carbons (Fsp3) is 0.417. The van der Waals surface area contributed by atoms with Gasteiger partial charge in [-0.2, -0.15) is 0 Å². The minimum atomic E-state index is -0.266. The molecule has 2 nitrogen and oxygen atoms in total. The predicted molar refractivity (Wildman–Crippen MR) is 63.8 cm³/mol. The molecule has 0 amide bonds. The molecule has 0 radical (unpaired) electrons. The highest BCUT2D eigenvalue weighted by molar-refractivity contribution is 7.75. The van der Waals surface area contributed by atoms with Crippen LogP contribution in [0.25, 0.3) is 0 Å². The summed E-state index contributed by atoms with van der Waals surface area (Å²) in [7, 11) is 0. The summed E-state index contributed by atoms with van der Waals surface area (Å²) in [5.74, 6) is -0.443. The van der Waals surface area contributed by atoms with Crippen LogP contribution < -0.4 is 0 Å². The van der Waals surface area contributed by atoms with Crippen molar-refractivity contribution >= 4 is 18.9 Å². The van der Waals surface area contributed by atoms with Gasteiger partial charge in [0.15, 0.2) is 0 Å². The van der Waals surface area contributed by atoms with Crippen LogP contribution in [-0.4, -0.2) is 5.97 Å². The molecule has 1 atom stereocenters. The Labute approximate surface area is 96.3 Å². The molecule has 0 aromatic heterocycles. The van der Waals surface area contributed by atoms with Crippen molar-refractivity contribution in [2.24, 2.45) is 0 Å². The molecule has 82 valence electrons. The Kier molecular flexibility index (Phi) is 5.26. The lowest BCUT2D eigenvalue weighted by molar-refractivity contribution is -0.134. The van der Waals surface area contributed by atoms with Crippen molar-refractivity contribution in [3.8, 4) is 0 Å². The van der Waals surface area contributed by atoms with Crippen molar-refractivity contribution in [3.05, 3.63) is 35.9 Å². The lowest BCUT2D eigenvalue weighted by Gasteiger charge is -2.13. The molecule has 1 aromatic carbocycles. The van der Waals surface area contributed by atoms with E-state index >= 15 is 0 Å². The van der Waals surface area contributed by atoms with Gasteiger partial charge in [0, 0.05) is 12.9 Å². The molecule has 0 fully saturated rings. The van der Waals surface area contributed by atoms with E-state index in [2.05, 4.69) is 24.0 Å². The summed E-state index contributed by atoms with van der Waals surface area (Å²) in [6.45, 7) is 2.11. The zero-order valence-electron chi connectivity index (χ0n) is 8.85. The average molecular weight is 224 g/mol. The zero-order chi connectivity index (χ0) is 11.1. The SMILES string of the molecule is CCCCC(C(=O)OS)c1ccccc1. The van der Waals surface area contributed by atoms with Gasteiger partial charge in [0.05, 0.1) is 5.92 Å². The molecule has 1 unspecified atom stereocenters. The summed E-state index contributed by atoms with van der Waals surface area (Å²) >= 11 is 3.58. The largest absolute Gasteiger partial charge is 0.394 e. The summed E-state index contributed by atoms with van der Waals surface area (Å²) in [6, 6.07) is 9.70. The van der Waals surface area contributed by atoms with E-state index < -0.39 is 0 Å². The molecule has 0 bridgehead atoms. The van der Waals surface area contributed by atoms with Crippen molar-refractivity contribution in [2.75, 3.05) is 0 Å². The van der Waals surface area contributed by atoms with Gasteiger partial charge in [-0.1, -0.05) is 50.1 Å². The number of carbonyl (C=O) groups excluding carboxylic acids is 1. The first kappa shape index (κ1) is 12.1. The van der Waals surface area contributed by atoms with E-state index in [-0.39, 0.29) is 11.9 Å². The van der Waals surface area contributed by atoms with Crippen molar-refractivity contribution in [2.45, 2.75) is 32.1 Å². The molecule has 1 aromatic rings. The minimum absolute atomic E-state index is 0.177. The monoisotopic (exact) mass is 224 g/mol. The van der Waals surface area contributed by atoms with Crippen LogP contribution in [0.2, 0.25) is 0 Å². The van der Waals surface area contributed by atoms with Gasteiger partial charge >= 0.3 is 5.97 Å². The smallest absolute Gasteiger partial charge is 0.325 e. The van der Waals surface area contributed by atoms with Crippen LogP contribution >= 0.6 is 12.9 Å². The van der Waals surface area contributed by atoms with Crippen LogP contribution in [0, 0.1) is 0 Å². The van der Waals surface area contributed by atoms with Gasteiger partial charge in [-0.15, -0.1) is 0 Å². The number of hydrogen-bond donors (Lipinski definition) is 1. The minimum Gasteiger partial charge on any atom is -0.394 e. The first-order chi connectivity index (χ1) is 7.29. The van der Waals surface area contributed by atoms with Crippen molar-refractivity contribution in [1.82, 2.24) is 0 Å². The fourth-order valence-electron chi connectivity index (χ4n) is 1.58. The maximum absolute atomic E-state index is 11.5. The van der Waals surface area contributed by atoms with Crippen LogP contribution in [0.3, 0.4) is 0 Å². The lowest BCUT2D eigenvalue weighted by atomic mass is 9.94. The molecule has 1 rings (SSSR count). The Morgan fingerprint density at radius 3 is 2.60 bits per heavy atom. The first-order valence-electron chi connectivity index (χ1n) is 5.19. The average Bonchev–Trinajstić information content (AvgIpc) is 2.30. The molecule has 0 saturated heterocycles. The van der Waals surface area contributed by atoms with Gasteiger partial charge in [-0.05, 0) is 12.0 Å². The fourth-order valence-corrected chi connectivity index (χ4v) is 1.71. The summed E-state index contributed by atoms with van der Waals surface area (Å²) < 4.78 is 4.52. The number of rotatable bonds is 5. The second-order valence-corrected chi connectivity index (χ2v) is 3.70. The van der Waals surface area contributed by atoms with Crippen molar-refractivity contribution < 1.29 is 8.98 Å².